The van der Waals surface area contributed by atoms with E-state index >= 15 is 0 Å². The van der Waals surface area contributed by atoms with Crippen LogP contribution in [0.5, 0.6) is 5.75 Å². The minimum absolute atomic E-state index is 0.0401. The van der Waals surface area contributed by atoms with E-state index in [1.54, 1.807) is 25.1 Å². The molecule has 1 amide bonds. The summed E-state index contributed by atoms with van der Waals surface area (Å²) < 4.78 is 0. The van der Waals surface area contributed by atoms with Crippen molar-refractivity contribution in [3.63, 3.8) is 0 Å². The van der Waals surface area contributed by atoms with Crippen molar-refractivity contribution in [2.75, 3.05) is 6.54 Å². The number of rotatable bonds is 3. The summed E-state index contributed by atoms with van der Waals surface area (Å²) in [5, 5.41) is 12.5. The van der Waals surface area contributed by atoms with Gasteiger partial charge in [-0.15, -0.1) is 0 Å². The lowest BCUT2D eigenvalue weighted by Gasteiger charge is -2.26. The predicted molar refractivity (Wildman–Crippen MR) is 76.3 cm³/mol. The summed E-state index contributed by atoms with van der Waals surface area (Å²) in [4.78, 5) is 12.0. The summed E-state index contributed by atoms with van der Waals surface area (Å²) in [5.41, 5.74) is 1.36. The van der Waals surface area contributed by atoms with Crippen LogP contribution in [-0.4, -0.2) is 17.6 Å². The van der Waals surface area contributed by atoms with Gasteiger partial charge in [0.25, 0.3) is 5.91 Å². The van der Waals surface area contributed by atoms with E-state index in [2.05, 4.69) is 12.2 Å². The first-order chi connectivity index (χ1) is 9.06. The SMILES string of the molecule is Cc1cc(C(=O)NCC2CCC(C)CC2)ccc1O. The molecule has 1 aliphatic carbocycles. The Kier molecular flexibility index (Phi) is 4.46. The first kappa shape index (κ1) is 13.9. The minimum Gasteiger partial charge on any atom is -0.508 e. The fourth-order valence-corrected chi connectivity index (χ4v) is 2.67. The highest BCUT2D eigenvalue weighted by molar-refractivity contribution is 5.94. The molecule has 0 aromatic heterocycles. The largest absolute Gasteiger partial charge is 0.508 e. The lowest BCUT2D eigenvalue weighted by atomic mass is 9.83. The number of aromatic hydroxyl groups is 1. The van der Waals surface area contributed by atoms with Crippen molar-refractivity contribution in [2.45, 2.75) is 39.5 Å². The van der Waals surface area contributed by atoms with Crippen molar-refractivity contribution in [1.29, 1.82) is 0 Å². The number of benzene rings is 1. The molecule has 3 nitrogen and oxygen atoms in total. The summed E-state index contributed by atoms with van der Waals surface area (Å²) in [5.74, 6) is 1.66. The van der Waals surface area contributed by atoms with Crippen molar-refractivity contribution in [3.8, 4) is 5.75 Å². The van der Waals surface area contributed by atoms with Crippen LogP contribution >= 0.6 is 0 Å². The molecule has 0 spiro atoms. The van der Waals surface area contributed by atoms with Gasteiger partial charge < -0.3 is 10.4 Å². The zero-order valence-electron chi connectivity index (χ0n) is 11.8. The Morgan fingerprint density at radius 3 is 2.63 bits per heavy atom. The highest BCUT2D eigenvalue weighted by Gasteiger charge is 2.18. The van der Waals surface area contributed by atoms with Crippen molar-refractivity contribution < 1.29 is 9.90 Å². The number of carbonyl (C=O) groups is 1. The summed E-state index contributed by atoms with van der Waals surface area (Å²) in [6.07, 6.45) is 4.99. The molecule has 1 saturated carbocycles. The second-order valence-electron chi connectivity index (χ2n) is 5.84. The Hall–Kier alpha value is -1.51. The van der Waals surface area contributed by atoms with Crippen LogP contribution in [0.3, 0.4) is 0 Å². The maximum atomic E-state index is 12.0. The average molecular weight is 261 g/mol. The Bertz CT molecular complexity index is 448. The molecule has 1 aromatic rings. The molecule has 0 aliphatic heterocycles. The van der Waals surface area contributed by atoms with E-state index in [0.717, 1.165) is 18.0 Å². The molecule has 19 heavy (non-hydrogen) atoms. The zero-order valence-corrected chi connectivity index (χ0v) is 11.8. The Morgan fingerprint density at radius 1 is 1.32 bits per heavy atom. The molecule has 1 aliphatic rings. The number of aryl methyl sites for hydroxylation is 1. The molecule has 0 radical (unpaired) electrons. The number of phenols is 1. The van der Waals surface area contributed by atoms with Crippen LogP contribution in [0.15, 0.2) is 18.2 Å². The zero-order chi connectivity index (χ0) is 13.8. The highest BCUT2D eigenvalue weighted by Crippen LogP contribution is 2.27. The number of phenolic OH excluding ortho intramolecular Hbond substituents is 1. The van der Waals surface area contributed by atoms with E-state index in [9.17, 15) is 9.90 Å². The topological polar surface area (TPSA) is 49.3 Å². The summed E-state index contributed by atoms with van der Waals surface area (Å²) in [6, 6.07) is 4.97. The first-order valence-corrected chi connectivity index (χ1v) is 7.14. The normalized spacial score (nSPS) is 23.1. The number of carbonyl (C=O) groups excluding carboxylic acids is 1. The van der Waals surface area contributed by atoms with Gasteiger partial charge in [-0.2, -0.15) is 0 Å². The van der Waals surface area contributed by atoms with Gasteiger partial charge in [-0.05, 0) is 55.4 Å². The van der Waals surface area contributed by atoms with Gasteiger partial charge in [0.2, 0.25) is 0 Å². The van der Waals surface area contributed by atoms with Crippen LogP contribution in [0.1, 0.15) is 48.5 Å². The molecule has 0 bridgehead atoms. The molecule has 0 atom stereocenters. The quantitative estimate of drug-likeness (QED) is 0.877. The van der Waals surface area contributed by atoms with Crippen molar-refractivity contribution in [2.24, 2.45) is 11.8 Å². The fourth-order valence-electron chi connectivity index (χ4n) is 2.67. The number of hydrogen-bond donors (Lipinski definition) is 2. The van der Waals surface area contributed by atoms with Crippen LogP contribution < -0.4 is 5.32 Å². The van der Waals surface area contributed by atoms with Gasteiger partial charge in [0.15, 0.2) is 0 Å². The molecule has 0 saturated heterocycles. The minimum atomic E-state index is -0.0401. The average Bonchev–Trinajstić information content (AvgIpc) is 2.41. The van der Waals surface area contributed by atoms with E-state index in [4.69, 9.17) is 0 Å². The predicted octanol–water partition coefficient (Wildman–Crippen LogP) is 3.26. The molecule has 2 N–H and O–H groups in total. The number of amides is 1. The molecule has 0 unspecified atom stereocenters. The monoisotopic (exact) mass is 261 g/mol. The molecule has 0 heterocycles. The Morgan fingerprint density at radius 2 is 2.00 bits per heavy atom. The third kappa shape index (κ3) is 3.72. The van der Waals surface area contributed by atoms with Crippen LogP contribution in [-0.2, 0) is 0 Å². The van der Waals surface area contributed by atoms with Gasteiger partial charge in [0.05, 0.1) is 0 Å². The van der Waals surface area contributed by atoms with Crippen molar-refractivity contribution >= 4 is 5.91 Å². The Balaban J connectivity index is 1.85. The third-order valence-electron chi connectivity index (χ3n) is 4.15. The molecule has 1 aromatic carbocycles. The van der Waals surface area contributed by atoms with Crippen molar-refractivity contribution in [3.05, 3.63) is 29.3 Å². The van der Waals surface area contributed by atoms with E-state index in [1.165, 1.54) is 25.7 Å². The second-order valence-corrected chi connectivity index (χ2v) is 5.84. The third-order valence-corrected chi connectivity index (χ3v) is 4.15. The van der Waals surface area contributed by atoms with Gasteiger partial charge >= 0.3 is 0 Å². The lowest BCUT2D eigenvalue weighted by molar-refractivity contribution is 0.0942. The van der Waals surface area contributed by atoms with Gasteiger partial charge in [-0.25, -0.2) is 0 Å². The van der Waals surface area contributed by atoms with Crippen LogP contribution in [0.4, 0.5) is 0 Å². The number of hydrogen-bond acceptors (Lipinski definition) is 2. The lowest BCUT2D eigenvalue weighted by Crippen LogP contribution is -2.31. The molecule has 3 heteroatoms. The summed E-state index contributed by atoms with van der Waals surface area (Å²) in [7, 11) is 0. The van der Waals surface area contributed by atoms with E-state index in [1.807, 2.05) is 0 Å². The first-order valence-electron chi connectivity index (χ1n) is 7.14. The van der Waals surface area contributed by atoms with E-state index in [-0.39, 0.29) is 11.7 Å². The van der Waals surface area contributed by atoms with E-state index in [0.29, 0.717) is 11.5 Å². The maximum absolute atomic E-state index is 12.0. The molecular weight excluding hydrogens is 238 g/mol. The van der Waals surface area contributed by atoms with Crippen molar-refractivity contribution in [1.82, 2.24) is 5.32 Å². The van der Waals surface area contributed by atoms with E-state index < -0.39 is 0 Å². The van der Waals surface area contributed by atoms with Gasteiger partial charge in [-0.1, -0.05) is 19.8 Å². The summed E-state index contributed by atoms with van der Waals surface area (Å²) in [6.45, 7) is 4.87. The molecule has 104 valence electrons. The van der Waals surface area contributed by atoms with Crippen LogP contribution in [0, 0.1) is 18.8 Å². The van der Waals surface area contributed by atoms with Crippen LogP contribution in [0.25, 0.3) is 0 Å². The molecule has 2 rings (SSSR count). The smallest absolute Gasteiger partial charge is 0.251 e. The molecule has 1 fully saturated rings. The van der Waals surface area contributed by atoms with Crippen LogP contribution in [0.2, 0.25) is 0 Å². The molecular formula is C16H23NO2. The number of nitrogens with one attached hydrogen (secondary N) is 1. The summed E-state index contributed by atoms with van der Waals surface area (Å²) >= 11 is 0. The van der Waals surface area contributed by atoms with Gasteiger partial charge in [-0.3, -0.25) is 4.79 Å². The fraction of sp³-hybridized carbons (Fsp3) is 0.562. The Labute approximate surface area is 115 Å². The second kappa shape index (κ2) is 6.09. The highest BCUT2D eigenvalue weighted by atomic mass is 16.3. The van der Waals surface area contributed by atoms with Gasteiger partial charge in [0.1, 0.15) is 5.75 Å². The van der Waals surface area contributed by atoms with Gasteiger partial charge in [0, 0.05) is 12.1 Å². The standard InChI is InChI=1S/C16H23NO2/c1-11-3-5-13(6-4-11)10-17-16(19)14-7-8-15(18)12(2)9-14/h7-9,11,13,18H,3-6,10H2,1-2H3,(H,17,19). The maximum Gasteiger partial charge on any atom is 0.251 e.